The summed E-state index contributed by atoms with van der Waals surface area (Å²) in [4.78, 5) is 32.9. The molecule has 20 heavy (non-hydrogen) atoms. The van der Waals surface area contributed by atoms with E-state index in [1.807, 2.05) is 0 Å². The molecule has 0 aliphatic carbocycles. The highest BCUT2D eigenvalue weighted by Gasteiger charge is 2.08. The summed E-state index contributed by atoms with van der Waals surface area (Å²) in [6.45, 7) is 0.236. The van der Waals surface area contributed by atoms with Gasteiger partial charge in [-0.25, -0.2) is 9.97 Å². The van der Waals surface area contributed by atoms with Crippen LogP contribution in [0, 0.1) is 11.8 Å². The van der Waals surface area contributed by atoms with Crippen LogP contribution in [0.3, 0.4) is 0 Å². The second-order valence-electron chi connectivity index (χ2n) is 3.66. The smallest absolute Gasteiger partial charge is 0.276 e. The van der Waals surface area contributed by atoms with Crippen LogP contribution in [-0.4, -0.2) is 27.4 Å². The molecule has 0 unspecified atom stereocenters. The predicted molar refractivity (Wildman–Crippen MR) is 73.0 cm³/mol. The van der Waals surface area contributed by atoms with Gasteiger partial charge in [-0.15, -0.1) is 0 Å². The SMILES string of the molecule is NCC#Cc1cccc(NC(=O)c2c[nH]c(=O)cn2)n1. The number of nitrogens with zero attached hydrogens (tertiary/aromatic N) is 2. The van der Waals surface area contributed by atoms with Gasteiger partial charge < -0.3 is 16.0 Å². The third kappa shape index (κ3) is 3.51. The predicted octanol–water partition coefficient (Wildman–Crippen LogP) is -0.273. The molecule has 2 aromatic heterocycles. The molecule has 0 saturated carbocycles. The number of carbonyl (C=O) groups excluding carboxylic acids is 1. The molecule has 0 fully saturated rings. The monoisotopic (exact) mass is 269 g/mol. The minimum absolute atomic E-state index is 0.0878. The first-order chi connectivity index (χ1) is 9.69. The maximum atomic E-state index is 11.9. The van der Waals surface area contributed by atoms with Crippen LogP contribution >= 0.6 is 0 Å². The molecular weight excluding hydrogens is 258 g/mol. The summed E-state index contributed by atoms with van der Waals surface area (Å²) in [6.07, 6.45) is 2.27. The summed E-state index contributed by atoms with van der Waals surface area (Å²) in [5.74, 6) is 5.30. The minimum atomic E-state index is -0.474. The van der Waals surface area contributed by atoms with E-state index >= 15 is 0 Å². The maximum Gasteiger partial charge on any atom is 0.276 e. The van der Waals surface area contributed by atoms with E-state index in [0.29, 0.717) is 11.5 Å². The Bertz CT molecular complexity index is 722. The Balaban J connectivity index is 2.15. The van der Waals surface area contributed by atoms with Crippen molar-refractivity contribution in [2.45, 2.75) is 0 Å². The van der Waals surface area contributed by atoms with Gasteiger partial charge in [-0.2, -0.15) is 0 Å². The van der Waals surface area contributed by atoms with Crippen molar-refractivity contribution in [2.75, 3.05) is 11.9 Å². The largest absolute Gasteiger partial charge is 0.325 e. The van der Waals surface area contributed by atoms with Crippen molar-refractivity contribution in [1.29, 1.82) is 0 Å². The highest BCUT2D eigenvalue weighted by molar-refractivity contribution is 6.02. The summed E-state index contributed by atoms with van der Waals surface area (Å²) in [6, 6.07) is 5.04. The van der Waals surface area contributed by atoms with Crippen LogP contribution in [-0.2, 0) is 0 Å². The number of hydrogen-bond donors (Lipinski definition) is 3. The van der Waals surface area contributed by atoms with Crippen LogP contribution in [0.5, 0.6) is 0 Å². The van der Waals surface area contributed by atoms with Crippen molar-refractivity contribution >= 4 is 11.7 Å². The average Bonchev–Trinajstić information content (AvgIpc) is 2.46. The first-order valence-electron chi connectivity index (χ1n) is 5.71. The molecule has 0 atom stereocenters. The van der Waals surface area contributed by atoms with E-state index in [9.17, 15) is 9.59 Å². The van der Waals surface area contributed by atoms with E-state index in [1.165, 1.54) is 6.20 Å². The molecule has 100 valence electrons. The van der Waals surface area contributed by atoms with Crippen LogP contribution in [0.25, 0.3) is 0 Å². The Morgan fingerprint density at radius 1 is 1.45 bits per heavy atom. The molecule has 2 aromatic rings. The van der Waals surface area contributed by atoms with E-state index in [4.69, 9.17) is 5.73 Å². The Kier molecular flexibility index (Phi) is 4.21. The van der Waals surface area contributed by atoms with Gasteiger partial charge in [0, 0.05) is 6.20 Å². The average molecular weight is 269 g/mol. The quantitative estimate of drug-likeness (QED) is 0.649. The van der Waals surface area contributed by atoms with Gasteiger partial charge in [-0.05, 0) is 18.1 Å². The molecular formula is C13H11N5O2. The van der Waals surface area contributed by atoms with Crippen molar-refractivity contribution in [2.24, 2.45) is 5.73 Å². The van der Waals surface area contributed by atoms with Gasteiger partial charge in [-0.3, -0.25) is 9.59 Å². The van der Waals surface area contributed by atoms with E-state index in [-0.39, 0.29) is 17.8 Å². The number of pyridine rings is 1. The fraction of sp³-hybridized carbons (Fsp3) is 0.0769. The molecule has 0 aliphatic heterocycles. The second kappa shape index (κ2) is 6.26. The van der Waals surface area contributed by atoms with Crippen LogP contribution in [0.1, 0.15) is 16.2 Å². The third-order valence-corrected chi connectivity index (χ3v) is 2.21. The standard InChI is InChI=1S/C13H11N5O2/c14-6-2-4-9-3-1-5-11(17-9)18-13(20)10-7-16-12(19)8-15-10/h1,3,5,7-8H,6,14H2,(H,16,19)(H,17,18,20). The lowest BCUT2D eigenvalue weighted by atomic mass is 10.3. The van der Waals surface area contributed by atoms with E-state index in [1.54, 1.807) is 18.2 Å². The zero-order chi connectivity index (χ0) is 14.4. The van der Waals surface area contributed by atoms with Crippen molar-refractivity contribution in [3.63, 3.8) is 0 Å². The number of nitrogens with two attached hydrogens (primary N) is 1. The summed E-state index contributed by atoms with van der Waals surface area (Å²) < 4.78 is 0. The van der Waals surface area contributed by atoms with Crippen LogP contribution < -0.4 is 16.6 Å². The van der Waals surface area contributed by atoms with E-state index < -0.39 is 5.91 Å². The first-order valence-corrected chi connectivity index (χ1v) is 5.71. The Morgan fingerprint density at radius 3 is 3.00 bits per heavy atom. The van der Waals surface area contributed by atoms with Crippen LogP contribution in [0.4, 0.5) is 5.82 Å². The highest BCUT2D eigenvalue weighted by Crippen LogP contribution is 2.05. The summed E-state index contributed by atoms with van der Waals surface area (Å²) >= 11 is 0. The van der Waals surface area contributed by atoms with Gasteiger partial charge in [0.05, 0.1) is 12.7 Å². The summed E-state index contributed by atoms with van der Waals surface area (Å²) in [7, 11) is 0. The summed E-state index contributed by atoms with van der Waals surface area (Å²) in [5.41, 5.74) is 5.49. The molecule has 1 amide bonds. The van der Waals surface area contributed by atoms with Crippen molar-refractivity contribution < 1.29 is 4.79 Å². The van der Waals surface area contributed by atoms with Crippen molar-refractivity contribution in [3.8, 4) is 11.8 Å². The second-order valence-corrected chi connectivity index (χ2v) is 3.66. The van der Waals surface area contributed by atoms with E-state index in [0.717, 1.165) is 6.20 Å². The number of aromatic nitrogens is 3. The zero-order valence-electron chi connectivity index (χ0n) is 10.4. The van der Waals surface area contributed by atoms with E-state index in [2.05, 4.69) is 32.1 Å². The molecule has 7 nitrogen and oxygen atoms in total. The lowest BCUT2D eigenvalue weighted by molar-refractivity contribution is 0.102. The molecule has 7 heteroatoms. The van der Waals surface area contributed by atoms with Gasteiger partial charge >= 0.3 is 0 Å². The molecule has 0 saturated heterocycles. The molecule has 0 spiro atoms. The molecule has 0 bridgehead atoms. The van der Waals surface area contributed by atoms with Gasteiger partial charge in [-0.1, -0.05) is 12.0 Å². The Hall–Kier alpha value is -2.98. The fourth-order valence-corrected chi connectivity index (χ4v) is 1.36. The molecule has 0 radical (unpaired) electrons. The minimum Gasteiger partial charge on any atom is -0.325 e. The molecule has 4 N–H and O–H groups in total. The number of amides is 1. The van der Waals surface area contributed by atoms with Crippen LogP contribution in [0.15, 0.2) is 35.4 Å². The fourth-order valence-electron chi connectivity index (χ4n) is 1.36. The molecule has 0 aromatic carbocycles. The van der Waals surface area contributed by atoms with Gasteiger partial charge in [0.25, 0.3) is 11.5 Å². The van der Waals surface area contributed by atoms with Crippen LogP contribution in [0.2, 0.25) is 0 Å². The molecule has 2 heterocycles. The van der Waals surface area contributed by atoms with Gasteiger partial charge in [0.15, 0.2) is 0 Å². The van der Waals surface area contributed by atoms with Crippen molar-refractivity contribution in [1.82, 2.24) is 15.0 Å². The molecule has 0 aliphatic rings. The topological polar surface area (TPSA) is 114 Å². The number of anilines is 1. The van der Waals surface area contributed by atoms with Crippen molar-refractivity contribution in [3.05, 3.63) is 52.3 Å². The lowest BCUT2D eigenvalue weighted by Gasteiger charge is -2.03. The number of aromatic amines is 1. The highest BCUT2D eigenvalue weighted by atomic mass is 16.2. The lowest BCUT2D eigenvalue weighted by Crippen LogP contribution is -2.17. The first kappa shape index (κ1) is 13.5. The number of rotatable bonds is 2. The number of carbonyl (C=O) groups is 1. The molecule has 2 rings (SSSR count). The number of nitrogens with one attached hydrogen (secondary N) is 2. The normalized spacial score (nSPS) is 9.45. The zero-order valence-corrected chi connectivity index (χ0v) is 10.4. The Labute approximate surface area is 114 Å². The van der Waals surface area contributed by atoms with Gasteiger partial charge in [0.2, 0.25) is 0 Å². The maximum absolute atomic E-state index is 11.9. The number of hydrogen-bond acceptors (Lipinski definition) is 5. The Morgan fingerprint density at radius 2 is 2.30 bits per heavy atom. The summed E-state index contributed by atoms with van der Waals surface area (Å²) in [5, 5.41) is 2.56. The third-order valence-electron chi connectivity index (χ3n) is 2.21. The van der Waals surface area contributed by atoms with Gasteiger partial charge in [0.1, 0.15) is 17.2 Å². The number of H-pyrrole nitrogens is 1.